The lowest BCUT2D eigenvalue weighted by Gasteiger charge is -2.27. The average Bonchev–Trinajstić information content (AvgIpc) is 3.22. The third-order valence-corrected chi connectivity index (χ3v) is 8.01. The molecule has 1 saturated carbocycles. The molecule has 1 aromatic rings. The van der Waals surface area contributed by atoms with Crippen LogP contribution in [0.4, 0.5) is 0 Å². The second-order valence-corrected chi connectivity index (χ2v) is 11.7. The number of hydrogen-bond donors (Lipinski definition) is 1. The van der Waals surface area contributed by atoms with Gasteiger partial charge in [-0.3, -0.25) is 4.79 Å². The molecule has 2 fully saturated rings. The number of ether oxygens (including phenoxy) is 2. The minimum atomic E-state index is -3.93. The smallest absolute Gasteiger partial charge is 0.324 e. The third-order valence-electron chi connectivity index (χ3n) is 6.06. The van der Waals surface area contributed by atoms with Crippen LogP contribution in [0.1, 0.15) is 64.9 Å². The van der Waals surface area contributed by atoms with Gasteiger partial charge in [0.05, 0.1) is 6.61 Å². The van der Waals surface area contributed by atoms with E-state index < -0.39 is 27.6 Å². The van der Waals surface area contributed by atoms with Gasteiger partial charge in [0.25, 0.3) is 0 Å². The Kier molecular flexibility index (Phi) is 7.03. The number of hydrogen-bond acceptors (Lipinski definition) is 6. The Morgan fingerprint density at radius 1 is 1.26 bits per heavy atom. The average molecular weight is 454 g/mol. The lowest BCUT2D eigenvalue weighted by atomic mass is 9.99. The zero-order valence-electron chi connectivity index (χ0n) is 19.0. The van der Waals surface area contributed by atoms with E-state index in [-0.39, 0.29) is 23.5 Å². The highest BCUT2D eigenvalue weighted by atomic mass is 32.2. The summed E-state index contributed by atoms with van der Waals surface area (Å²) in [6.45, 7) is 8.03. The summed E-state index contributed by atoms with van der Waals surface area (Å²) in [5.74, 6) is -0.197. The molecule has 2 aliphatic rings. The molecule has 1 aliphatic carbocycles. The van der Waals surface area contributed by atoms with Gasteiger partial charge in [0.1, 0.15) is 22.3 Å². The fourth-order valence-corrected chi connectivity index (χ4v) is 5.88. The van der Waals surface area contributed by atoms with Gasteiger partial charge in [0, 0.05) is 13.2 Å². The predicted octanol–water partition coefficient (Wildman–Crippen LogP) is 3.42. The first-order chi connectivity index (χ1) is 14.5. The SMILES string of the molecule is Cc1ccc(S(=O)(=O)N2CCC[C@H]2C(=O)OC(C)(C)C)c(OCCC2(CCO)CC2)c1. The summed E-state index contributed by atoms with van der Waals surface area (Å²) < 4.78 is 39.7. The maximum Gasteiger partial charge on any atom is 0.324 e. The summed E-state index contributed by atoms with van der Waals surface area (Å²) in [4.78, 5) is 12.7. The van der Waals surface area contributed by atoms with Crippen molar-refractivity contribution in [3.05, 3.63) is 23.8 Å². The number of aryl methyl sites for hydroxylation is 1. The molecule has 31 heavy (non-hydrogen) atoms. The highest BCUT2D eigenvalue weighted by Gasteiger charge is 2.43. The van der Waals surface area contributed by atoms with Crippen molar-refractivity contribution in [3.8, 4) is 5.75 Å². The molecule has 1 atom stereocenters. The molecule has 3 rings (SSSR count). The number of aliphatic hydroxyl groups is 1. The van der Waals surface area contributed by atoms with Crippen LogP contribution in [0.25, 0.3) is 0 Å². The van der Waals surface area contributed by atoms with Gasteiger partial charge >= 0.3 is 5.97 Å². The van der Waals surface area contributed by atoms with Crippen LogP contribution >= 0.6 is 0 Å². The largest absolute Gasteiger partial charge is 0.492 e. The van der Waals surface area contributed by atoms with Crippen molar-refractivity contribution in [2.75, 3.05) is 19.8 Å². The summed E-state index contributed by atoms with van der Waals surface area (Å²) in [7, 11) is -3.93. The maximum absolute atomic E-state index is 13.5. The maximum atomic E-state index is 13.5. The standard InChI is InChI=1S/C23H35NO6S/c1-17-7-8-20(19(16-17)29-15-12-23(9-10-23)11-14-25)31(27,28)24-13-5-6-18(24)21(26)30-22(2,3)4/h7-8,16,18,25H,5-6,9-15H2,1-4H3/t18-/m0/s1. The van der Waals surface area contributed by atoms with Gasteiger partial charge in [-0.25, -0.2) is 8.42 Å². The number of aliphatic hydroxyl groups excluding tert-OH is 1. The van der Waals surface area contributed by atoms with Gasteiger partial charge in [-0.15, -0.1) is 0 Å². The molecule has 1 N–H and O–H groups in total. The zero-order chi connectivity index (χ0) is 22.9. The monoisotopic (exact) mass is 453 g/mol. The van der Waals surface area contributed by atoms with Crippen LogP contribution < -0.4 is 4.74 Å². The van der Waals surface area contributed by atoms with Gasteiger partial charge in [-0.1, -0.05) is 6.07 Å². The Morgan fingerprint density at radius 3 is 2.58 bits per heavy atom. The summed E-state index contributed by atoms with van der Waals surface area (Å²) in [6, 6.07) is 4.21. The van der Waals surface area contributed by atoms with Crippen LogP contribution in [0.5, 0.6) is 5.75 Å². The normalized spacial score (nSPS) is 21.1. The topological polar surface area (TPSA) is 93.1 Å². The van der Waals surface area contributed by atoms with E-state index in [2.05, 4.69) is 0 Å². The Morgan fingerprint density at radius 2 is 1.97 bits per heavy atom. The Hall–Kier alpha value is -1.64. The van der Waals surface area contributed by atoms with Crippen LogP contribution in [0, 0.1) is 12.3 Å². The van der Waals surface area contributed by atoms with Crippen LogP contribution in [0.15, 0.2) is 23.1 Å². The molecular weight excluding hydrogens is 418 g/mol. The first-order valence-corrected chi connectivity index (χ1v) is 12.5. The number of benzene rings is 1. The molecule has 0 bridgehead atoms. The van der Waals surface area contributed by atoms with Crippen LogP contribution in [-0.4, -0.2) is 55.2 Å². The molecule has 8 heteroatoms. The van der Waals surface area contributed by atoms with E-state index in [1.807, 2.05) is 6.92 Å². The molecule has 174 valence electrons. The molecule has 0 spiro atoms. The van der Waals surface area contributed by atoms with Crippen LogP contribution in [0.2, 0.25) is 0 Å². The molecule has 0 unspecified atom stereocenters. The Bertz CT molecular complexity index is 901. The Balaban J connectivity index is 1.79. The van der Waals surface area contributed by atoms with Crippen molar-refractivity contribution in [2.24, 2.45) is 5.41 Å². The van der Waals surface area contributed by atoms with Gasteiger partial charge in [0.15, 0.2) is 0 Å². The van der Waals surface area contributed by atoms with Gasteiger partial charge in [-0.05, 0) is 89.3 Å². The van der Waals surface area contributed by atoms with E-state index in [4.69, 9.17) is 9.47 Å². The van der Waals surface area contributed by atoms with Crippen molar-refractivity contribution < 1.29 is 27.8 Å². The molecule has 1 heterocycles. The zero-order valence-corrected chi connectivity index (χ0v) is 19.8. The van der Waals surface area contributed by atoms with E-state index in [9.17, 15) is 18.3 Å². The molecule has 1 saturated heterocycles. The van der Waals surface area contributed by atoms with Crippen molar-refractivity contribution in [2.45, 2.75) is 82.8 Å². The number of rotatable bonds is 9. The van der Waals surface area contributed by atoms with Crippen molar-refractivity contribution in [1.82, 2.24) is 4.31 Å². The van der Waals surface area contributed by atoms with E-state index in [0.29, 0.717) is 25.2 Å². The quantitative estimate of drug-likeness (QED) is 0.576. The number of sulfonamides is 1. The van der Waals surface area contributed by atoms with Crippen molar-refractivity contribution in [1.29, 1.82) is 0 Å². The second kappa shape index (κ2) is 9.08. The molecule has 7 nitrogen and oxygen atoms in total. The molecule has 0 radical (unpaired) electrons. The van der Waals surface area contributed by atoms with E-state index in [1.165, 1.54) is 4.31 Å². The Labute approximate surface area is 185 Å². The van der Waals surface area contributed by atoms with E-state index in [0.717, 1.165) is 31.2 Å². The summed E-state index contributed by atoms with van der Waals surface area (Å²) in [6.07, 6.45) is 4.73. The first kappa shape index (κ1) is 24.0. The summed E-state index contributed by atoms with van der Waals surface area (Å²) >= 11 is 0. The van der Waals surface area contributed by atoms with Crippen molar-refractivity contribution >= 4 is 16.0 Å². The minimum Gasteiger partial charge on any atom is -0.492 e. The first-order valence-electron chi connectivity index (χ1n) is 11.1. The number of nitrogens with zero attached hydrogens (tertiary/aromatic N) is 1. The predicted molar refractivity (Wildman–Crippen MR) is 117 cm³/mol. The molecule has 1 aliphatic heterocycles. The minimum absolute atomic E-state index is 0.0839. The number of esters is 1. The highest BCUT2D eigenvalue weighted by molar-refractivity contribution is 7.89. The lowest BCUT2D eigenvalue weighted by molar-refractivity contribution is -0.158. The van der Waals surface area contributed by atoms with Gasteiger partial charge < -0.3 is 14.6 Å². The van der Waals surface area contributed by atoms with Crippen molar-refractivity contribution in [3.63, 3.8) is 0 Å². The highest BCUT2D eigenvalue weighted by Crippen LogP contribution is 2.51. The lowest BCUT2D eigenvalue weighted by Crippen LogP contribution is -2.43. The fraction of sp³-hybridized carbons (Fsp3) is 0.696. The van der Waals surface area contributed by atoms with E-state index in [1.54, 1.807) is 39.0 Å². The summed E-state index contributed by atoms with van der Waals surface area (Å²) in [5.41, 5.74) is 0.352. The van der Waals surface area contributed by atoms with Crippen LogP contribution in [-0.2, 0) is 19.6 Å². The van der Waals surface area contributed by atoms with Gasteiger partial charge in [0.2, 0.25) is 10.0 Å². The number of carbonyl (C=O) groups is 1. The third kappa shape index (κ3) is 5.79. The second-order valence-electron chi connectivity index (χ2n) is 9.83. The molecule has 1 aromatic carbocycles. The van der Waals surface area contributed by atoms with Gasteiger partial charge in [-0.2, -0.15) is 4.31 Å². The number of carbonyl (C=O) groups excluding carboxylic acids is 1. The van der Waals surface area contributed by atoms with Crippen LogP contribution in [0.3, 0.4) is 0 Å². The van der Waals surface area contributed by atoms with E-state index >= 15 is 0 Å². The fourth-order valence-electron chi connectivity index (χ4n) is 4.12. The molecule has 0 amide bonds. The summed E-state index contributed by atoms with van der Waals surface area (Å²) in [5, 5.41) is 9.24. The molecule has 0 aromatic heterocycles. The molecular formula is C23H35NO6S.